The molecular formula is C10H14N2O3. The quantitative estimate of drug-likeness (QED) is 0.610. The van der Waals surface area contributed by atoms with Crippen molar-refractivity contribution in [3.05, 3.63) is 28.0 Å². The number of furan rings is 1. The lowest BCUT2D eigenvalue weighted by atomic mass is 9.83. The molecule has 0 aliphatic heterocycles. The molecule has 0 saturated heterocycles. The third-order valence-electron chi connectivity index (χ3n) is 3.23. The fourth-order valence-electron chi connectivity index (χ4n) is 2.02. The lowest BCUT2D eigenvalue weighted by Crippen LogP contribution is -2.45. The van der Waals surface area contributed by atoms with Crippen molar-refractivity contribution in [1.29, 1.82) is 0 Å². The molecule has 0 unspecified atom stereocenters. The summed E-state index contributed by atoms with van der Waals surface area (Å²) < 4.78 is 5.22. The number of rotatable bonds is 3. The average molecular weight is 210 g/mol. The van der Waals surface area contributed by atoms with Gasteiger partial charge in [0.15, 0.2) is 0 Å². The van der Waals surface area contributed by atoms with E-state index in [0.717, 1.165) is 12.8 Å². The normalized spacial score (nSPS) is 18.9. The van der Waals surface area contributed by atoms with E-state index in [4.69, 9.17) is 10.2 Å². The predicted molar refractivity (Wildman–Crippen MR) is 54.5 cm³/mol. The van der Waals surface area contributed by atoms with Crippen molar-refractivity contribution in [2.45, 2.75) is 37.6 Å². The minimum atomic E-state index is -0.525. The molecule has 15 heavy (non-hydrogen) atoms. The first-order valence-corrected chi connectivity index (χ1v) is 4.90. The van der Waals surface area contributed by atoms with Crippen LogP contribution in [0.3, 0.4) is 0 Å². The van der Waals surface area contributed by atoms with E-state index >= 15 is 0 Å². The summed E-state index contributed by atoms with van der Waals surface area (Å²) >= 11 is 0. The van der Waals surface area contributed by atoms with Crippen LogP contribution in [0.1, 0.15) is 32.4 Å². The van der Waals surface area contributed by atoms with Crippen LogP contribution in [0.2, 0.25) is 0 Å². The van der Waals surface area contributed by atoms with Crippen LogP contribution in [0.5, 0.6) is 0 Å². The molecule has 1 aliphatic rings. The fourth-order valence-corrected chi connectivity index (χ4v) is 2.02. The van der Waals surface area contributed by atoms with Crippen molar-refractivity contribution in [2.75, 3.05) is 0 Å². The highest BCUT2D eigenvalue weighted by atomic mass is 16.6. The minimum Gasteiger partial charge on any atom is -0.405 e. The molecule has 0 spiro atoms. The van der Waals surface area contributed by atoms with Gasteiger partial charge in [-0.15, -0.1) is 0 Å². The topological polar surface area (TPSA) is 82.3 Å². The summed E-state index contributed by atoms with van der Waals surface area (Å²) in [5.74, 6) is 0.433. The van der Waals surface area contributed by atoms with Crippen LogP contribution in [0.15, 0.2) is 16.5 Å². The highest BCUT2D eigenvalue weighted by molar-refractivity contribution is 5.33. The Kier molecular flexibility index (Phi) is 1.91. The summed E-state index contributed by atoms with van der Waals surface area (Å²) in [6.45, 7) is 3.85. The van der Waals surface area contributed by atoms with Gasteiger partial charge in [-0.3, -0.25) is 10.1 Å². The number of nitrogens with zero attached hydrogens (tertiary/aromatic N) is 1. The molecule has 0 bridgehead atoms. The number of hydrogen-bond donors (Lipinski definition) is 1. The molecule has 0 atom stereocenters. The van der Waals surface area contributed by atoms with E-state index in [9.17, 15) is 10.1 Å². The third-order valence-corrected chi connectivity index (χ3v) is 3.23. The van der Waals surface area contributed by atoms with Gasteiger partial charge in [-0.05, 0) is 32.8 Å². The summed E-state index contributed by atoms with van der Waals surface area (Å²) in [5, 5.41) is 10.5. The molecule has 2 rings (SSSR count). The van der Waals surface area contributed by atoms with E-state index in [1.54, 1.807) is 6.07 Å². The van der Waals surface area contributed by atoms with Gasteiger partial charge >= 0.3 is 5.88 Å². The standard InChI is InChI=1S/C10H14N2O3/c1-9(2,11)10(5-6-10)7-3-4-8(15-7)12(13)14/h3-4H,5-6,11H2,1-2H3. The van der Waals surface area contributed by atoms with Crippen LogP contribution in [0.4, 0.5) is 5.88 Å². The largest absolute Gasteiger partial charge is 0.433 e. The van der Waals surface area contributed by atoms with Crippen molar-refractivity contribution in [3.63, 3.8) is 0 Å². The first kappa shape index (κ1) is 10.2. The first-order chi connectivity index (χ1) is 6.87. The summed E-state index contributed by atoms with van der Waals surface area (Å²) in [5.41, 5.74) is 5.45. The van der Waals surface area contributed by atoms with E-state index in [-0.39, 0.29) is 11.3 Å². The fraction of sp³-hybridized carbons (Fsp3) is 0.600. The molecule has 0 radical (unpaired) electrons. The van der Waals surface area contributed by atoms with Crippen molar-refractivity contribution in [2.24, 2.45) is 5.73 Å². The van der Waals surface area contributed by atoms with Crippen LogP contribution < -0.4 is 5.73 Å². The van der Waals surface area contributed by atoms with Crippen LogP contribution >= 0.6 is 0 Å². The molecule has 1 aromatic rings. The Labute approximate surface area is 87.4 Å². The van der Waals surface area contributed by atoms with E-state index in [1.807, 2.05) is 13.8 Å². The monoisotopic (exact) mass is 210 g/mol. The Morgan fingerprint density at radius 1 is 1.53 bits per heavy atom. The molecule has 0 aromatic carbocycles. The van der Waals surface area contributed by atoms with Crippen LogP contribution in [0.25, 0.3) is 0 Å². The maximum absolute atomic E-state index is 10.5. The first-order valence-electron chi connectivity index (χ1n) is 4.90. The third kappa shape index (κ3) is 1.43. The highest BCUT2D eigenvalue weighted by Crippen LogP contribution is 2.55. The molecule has 82 valence electrons. The predicted octanol–water partition coefficient (Wildman–Crippen LogP) is 1.96. The molecule has 5 nitrogen and oxygen atoms in total. The molecule has 5 heteroatoms. The second kappa shape index (κ2) is 2.82. The molecule has 0 amide bonds. The smallest absolute Gasteiger partial charge is 0.405 e. The van der Waals surface area contributed by atoms with E-state index in [0.29, 0.717) is 5.76 Å². The summed E-state index contributed by atoms with van der Waals surface area (Å²) in [7, 11) is 0. The second-order valence-corrected chi connectivity index (χ2v) is 4.70. The zero-order valence-electron chi connectivity index (χ0n) is 8.82. The highest BCUT2D eigenvalue weighted by Gasteiger charge is 2.56. The van der Waals surface area contributed by atoms with Crippen molar-refractivity contribution in [1.82, 2.24) is 0 Å². The Morgan fingerprint density at radius 2 is 2.13 bits per heavy atom. The zero-order chi connectivity index (χ0) is 11.3. The van der Waals surface area contributed by atoms with Crippen LogP contribution in [-0.2, 0) is 5.41 Å². The van der Waals surface area contributed by atoms with E-state index in [1.165, 1.54) is 6.07 Å². The maximum Gasteiger partial charge on any atom is 0.433 e. The molecule has 1 heterocycles. The van der Waals surface area contributed by atoms with Gasteiger partial charge in [0.25, 0.3) is 0 Å². The molecular weight excluding hydrogens is 196 g/mol. The van der Waals surface area contributed by atoms with Gasteiger partial charge < -0.3 is 10.2 Å². The van der Waals surface area contributed by atoms with Gasteiger partial charge in [-0.1, -0.05) is 0 Å². The van der Waals surface area contributed by atoms with Gasteiger partial charge in [0.1, 0.15) is 10.7 Å². The van der Waals surface area contributed by atoms with Gasteiger partial charge in [0.05, 0.1) is 6.07 Å². The van der Waals surface area contributed by atoms with Crippen LogP contribution in [0, 0.1) is 10.1 Å². The Hall–Kier alpha value is -1.36. The SMILES string of the molecule is CC(C)(N)C1(c2ccc([N+](=O)[O-])o2)CC1. The number of nitrogens with two attached hydrogens (primary N) is 1. The Bertz CT molecular complexity index is 399. The van der Waals surface area contributed by atoms with Gasteiger partial charge in [-0.2, -0.15) is 0 Å². The van der Waals surface area contributed by atoms with Gasteiger partial charge in [-0.25, -0.2) is 0 Å². The summed E-state index contributed by atoms with van der Waals surface area (Å²) in [6, 6.07) is 3.06. The van der Waals surface area contributed by atoms with Crippen molar-refractivity contribution < 1.29 is 9.34 Å². The average Bonchev–Trinajstić information content (AvgIpc) is 2.77. The van der Waals surface area contributed by atoms with Crippen molar-refractivity contribution in [3.8, 4) is 0 Å². The summed E-state index contributed by atoms with van der Waals surface area (Å²) in [6.07, 6.45) is 1.86. The second-order valence-electron chi connectivity index (χ2n) is 4.70. The number of hydrogen-bond acceptors (Lipinski definition) is 4. The number of nitro groups is 1. The zero-order valence-corrected chi connectivity index (χ0v) is 8.82. The molecule has 1 fully saturated rings. The maximum atomic E-state index is 10.5. The van der Waals surface area contributed by atoms with Crippen LogP contribution in [-0.4, -0.2) is 10.5 Å². The minimum absolute atomic E-state index is 0.207. The molecule has 1 aromatic heterocycles. The lowest BCUT2D eigenvalue weighted by molar-refractivity contribution is -0.402. The molecule has 2 N–H and O–H groups in total. The van der Waals surface area contributed by atoms with E-state index < -0.39 is 10.5 Å². The lowest BCUT2D eigenvalue weighted by Gasteiger charge is -2.28. The Morgan fingerprint density at radius 3 is 2.47 bits per heavy atom. The molecule has 1 saturated carbocycles. The van der Waals surface area contributed by atoms with Gasteiger partial charge in [0.2, 0.25) is 0 Å². The Balaban J connectivity index is 2.35. The van der Waals surface area contributed by atoms with Crippen molar-refractivity contribution >= 4 is 5.88 Å². The van der Waals surface area contributed by atoms with Gasteiger partial charge in [0, 0.05) is 11.0 Å². The van der Waals surface area contributed by atoms with E-state index in [2.05, 4.69) is 0 Å². The molecule has 1 aliphatic carbocycles. The summed E-state index contributed by atoms with van der Waals surface area (Å²) in [4.78, 5) is 9.97.